The van der Waals surface area contributed by atoms with E-state index in [-0.39, 0.29) is 29.4 Å². The summed E-state index contributed by atoms with van der Waals surface area (Å²) in [5.41, 5.74) is 6.36. The van der Waals surface area contributed by atoms with Crippen LogP contribution in [0.5, 0.6) is 0 Å². The van der Waals surface area contributed by atoms with Crippen LogP contribution in [0.25, 0.3) is 5.69 Å². The second-order valence-electron chi connectivity index (χ2n) is 5.98. The van der Waals surface area contributed by atoms with Crippen LogP contribution in [0.2, 0.25) is 0 Å². The van der Waals surface area contributed by atoms with Crippen molar-refractivity contribution in [1.29, 1.82) is 0 Å². The van der Waals surface area contributed by atoms with Crippen molar-refractivity contribution >= 4 is 11.6 Å². The molecule has 3 N–H and O–H groups in total. The lowest BCUT2D eigenvalue weighted by molar-refractivity contribution is -0.384. The molecule has 1 heterocycles. The summed E-state index contributed by atoms with van der Waals surface area (Å²) in [4.78, 5) is 22.9. The fourth-order valence-corrected chi connectivity index (χ4v) is 2.91. The molecule has 1 saturated carbocycles. The van der Waals surface area contributed by atoms with Gasteiger partial charge >= 0.3 is 0 Å². The van der Waals surface area contributed by atoms with Gasteiger partial charge in [-0.3, -0.25) is 14.9 Å². The van der Waals surface area contributed by atoms with E-state index >= 15 is 0 Å². The predicted molar refractivity (Wildman–Crippen MR) is 87.9 cm³/mol. The topological polar surface area (TPSA) is 116 Å². The number of hydrogen-bond donors (Lipinski definition) is 2. The van der Waals surface area contributed by atoms with Gasteiger partial charge in [0.25, 0.3) is 11.6 Å². The number of carbonyl (C=O) groups excluding carboxylic acids is 1. The van der Waals surface area contributed by atoms with Crippen molar-refractivity contribution in [1.82, 2.24) is 15.1 Å². The highest BCUT2D eigenvalue weighted by Crippen LogP contribution is 2.22. The van der Waals surface area contributed by atoms with E-state index in [2.05, 4.69) is 10.4 Å². The Hall–Kier alpha value is -2.74. The highest BCUT2D eigenvalue weighted by atomic mass is 16.6. The van der Waals surface area contributed by atoms with E-state index in [9.17, 15) is 14.9 Å². The van der Waals surface area contributed by atoms with E-state index in [0.29, 0.717) is 5.69 Å². The lowest BCUT2D eigenvalue weighted by Crippen LogP contribution is -2.40. The molecule has 126 valence electrons. The normalized spacial score (nSPS) is 20.5. The predicted octanol–water partition coefficient (Wildman–Crippen LogP) is 1.78. The van der Waals surface area contributed by atoms with Crippen LogP contribution in [0.4, 0.5) is 5.69 Å². The summed E-state index contributed by atoms with van der Waals surface area (Å²) >= 11 is 0. The molecule has 2 aromatic rings. The molecule has 1 aromatic carbocycles. The van der Waals surface area contributed by atoms with Crippen LogP contribution in [0.15, 0.2) is 36.5 Å². The van der Waals surface area contributed by atoms with Crippen LogP contribution in [-0.4, -0.2) is 32.7 Å². The molecule has 0 saturated heterocycles. The third-order valence-corrected chi connectivity index (χ3v) is 4.25. The van der Waals surface area contributed by atoms with Crippen molar-refractivity contribution in [3.63, 3.8) is 0 Å². The molecule has 24 heavy (non-hydrogen) atoms. The van der Waals surface area contributed by atoms with Gasteiger partial charge in [-0.15, -0.1) is 0 Å². The van der Waals surface area contributed by atoms with Crippen molar-refractivity contribution in [2.75, 3.05) is 0 Å². The quantitative estimate of drug-likeness (QED) is 0.655. The third kappa shape index (κ3) is 3.43. The number of nitrogens with two attached hydrogens (primary N) is 1. The monoisotopic (exact) mass is 329 g/mol. The number of carbonyl (C=O) groups is 1. The van der Waals surface area contributed by atoms with Crippen LogP contribution in [0.3, 0.4) is 0 Å². The SMILES string of the molecule is NC1CCC(NC(=O)c2ccn(-c3ccccc3[N+](=O)[O-])n2)CC1. The maximum atomic E-state index is 12.3. The Morgan fingerprint density at radius 2 is 1.96 bits per heavy atom. The summed E-state index contributed by atoms with van der Waals surface area (Å²) in [7, 11) is 0. The number of benzene rings is 1. The van der Waals surface area contributed by atoms with Crippen LogP contribution >= 0.6 is 0 Å². The van der Waals surface area contributed by atoms with Gasteiger partial charge in [0.2, 0.25) is 0 Å². The summed E-state index contributed by atoms with van der Waals surface area (Å²) in [6.45, 7) is 0. The molecular formula is C16H19N5O3. The maximum Gasteiger partial charge on any atom is 0.294 e. The van der Waals surface area contributed by atoms with Gasteiger partial charge in [0, 0.05) is 24.3 Å². The first-order valence-corrected chi connectivity index (χ1v) is 7.90. The molecular weight excluding hydrogens is 310 g/mol. The molecule has 0 atom stereocenters. The van der Waals surface area contributed by atoms with Gasteiger partial charge < -0.3 is 11.1 Å². The number of nitro groups is 1. The van der Waals surface area contributed by atoms with E-state index in [1.165, 1.54) is 10.7 Å². The Labute approximate surface area is 138 Å². The first-order valence-electron chi connectivity index (χ1n) is 7.90. The average molecular weight is 329 g/mol. The molecule has 1 aliphatic carbocycles. The summed E-state index contributed by atoms with van der Waals surface area (Å²) < 4.78 is 1.35. The van der Waals surface area contributed by atoms with Crippen molar-refractivity contribution < 1.29 is 9.72 Å². The Morgan fingerprint density at radius 1 is 1.25 bits per heavy atom. The van der Waals surface area contributed by atoms with Crippen molar-refractivity contribution in [2.45, 2.75) is 37.8 Å². The molecule has 1 amide bonds. The molecule has 1 aromatic heterocycles. The molecule has 1 fully saturated rings. The van der Waals surface area contributed by atoms with Gasteiger partial charge in [-0.25, -0.2) is 4.68 Å². The Bertz CT molecular complexity index is 750. The average Bonchev–Trinajstić information content (AvgIpc) is 3.07. The summed E-state index contributed by atoms with van der Waals surface area (Å²) in [5.74, 6) is -0.271. The highest BCUT2D eigenvalue weighted by Gasteiger charge is 2.22. The highest BCUT2D eigenvalue weighted by molar-refractivity contribution is 5.92. The fraction of sp³-hybridized carbons (Fsp3) is 0.375. The Balaban J connectivity index is 1.74. The smallest absolute Gasteiger partial charge is 0.294 e. The lowest BCUT2D eigenvalue weighted by Gasteiger charge is -2.26. The van der Waals surface area contributed by atoms with Gasteiger partial charge in [-0.05, 0) is 37.8 Å². The molecule has 0 aliphatic heterocycles. The largest absolute Gasteiger partial charge is 0.348 e. The van der Waals surface area contributed by atoms with E-state index in [1.807, 2.05) is 0 Å². The van der Waals surface area contributed by atoms with E-state index in [0.717, 1.165) is 25.7 Å². The lowest BCUT2D eigenvalue weighted by atomic mass is 9.92. The molecule has 0 bridgehead atoms. The Kier molecular flexibility index (Phi) is 4.57. The fourth-order valence-electron chi connectivity index (χ4n) is 2.91. The molecule has 0 spiro atoms. The van der Waals surface area contributed by atoms with Crippen LogP contribution < -0.4 is 11.1 Å². The number of nitrogens with one attached hydrogen (secondary N) is 1. The minimum absolute atomic E-state index is 0.0613. The zero-order valence-corrected chi connectivity index (χ0v) is 13.1. The molecule has 0 radical (unpaired) electrons. The molecule has 8 nitrogen and oxygen atoms in total. The number of nitrogens with zero attached hydrogens (tertiary/aromatic N) is 3. The van der Waals surface area contributed by atoms with E-state index in [1.54, 1.807) is 30.5 Å². The minimum atomic E-state index is -0.470. The van der Waals surface area contributed by atoms with Crippen molar-refractivity contribution in [3.05, 3.63) is 52.3 Å². The van der Waals surface area contributed by atoms with Gasteiger partial charge in [-0.1, -0.05) is 12.1 Å². The second kappa shape index (κ2) is 6.79. The summed E-state index contributed by atoms with van der Waals surface area (Å²) in [6, 6.07) is 8.16. The summed E-state index contributed by atoms with van der Waals surface area (Å²) in [5, 5.41) is 18.2. The van der Waals surface area contributed by atoms with Crippen LogP contribution in [0, 0.1) is 10.1 Å². The molecule has 1 aliphatic rings. The number of nitro benzene ring substituents is 1. The van der Waals surface area contributed by atoms with E-state index in [4.69, 9.17) is 5.73 Å². The standard InChI is InChI=1S/C16H19N5O3/c17-11-5-7-12(8-6-11)18-16(22)13-9-10-20(19-13)14-3-1-2-4-15(14)21(23)24/h1-4,9-12H,5-8,17H2,(H,18,22). The van der Waals surface area contributed by atoms with Crippen molar-refractivity contribution in [2.24, 2.45) is 5.73 Å². The molecule has 8 heteroatoms. The zero-order valence-electron chi connectivity index (χ0n) is 13.1. The number of aromatic nitrogens is 2. The first-order chi connectivity index (χ1) is 11.5. The van der Waals surface area contributed by atoms with Gasteiger partial charge in [0.1, 0.15) is 5.69 Å². The first kappa shape index (κ1) is 16.1. The Morgan fingerprint density at radius 3 is 2.67 bits per heavy atom. The van der Waals surface area contributed by atoms with Crippen LogP contribution in [-0.2, 0) is 0 Å². The van der Waals surface area contributed by atoms with Gasteiger partial charge in [0.05, 0.1) is 4.92 Å². The van der Waals surface area contributed by atoms with Gasteiger partial charge in [0.15, 0.2) is 5.69 Å². The zero-order chi connectivity index (χ0) is 17.1. The summed E-state index contributed by atoms with van der Waals surface area (Å²) in [6.07, 6.45) is 5.06. The number of hydrogen-bond acceptors (Lipinski definition) is 5. The van der Waals surface area contributed by atoms with Crippen LogP contribution in [0.1, 0.15) is 36.2 Å². The maximum absolute atomic E-state index is 12.3. The minimum Gasteiger partial charge on any atom is -0.348 e. The number of para-hydroxylation sites is 2. The van der Waals surface area contributed by atoms with Gasteiger partial charge in [-0.2, -0.15) is 5.10 Å². The third-order valence-electron chi connectivity index (χ3n) is 4.25. The molecule has 3 rings (SSSR count). The van der Waals surface area contributed by atoms with Crippen molar-refractivity contribution in [3.8, 4) is 5.69 Å². The molecule has 0 unspecified atom stereocenters. The van der Waals surface area contributed by atoms with E-state index < -0.39 is 4.92 Å². The second-order valence-corrected chi connectivity index (χ2v) is 5.98. The number of rotatable bonds is 4. The number of amides is 1.